The lowest BCUT2D eigenvalue weighted by Crippen LogP contribution is -2.25. The van der Waals surface area contributed by atoms with E-state index in [1.54, 1.807) is 0 Å². The van der Waals surface area contributed by atoms with E-state index in [9.17, 15) is 0 Å². The van der Waals surface area contributed by atoms with Crippen LogP contribution in [0.3, 0.4) is 0 Å². The van der Waals surface area contributed by atoms with Crippen LogP contribution in [0.4, 0.5) is 0 Å². The first-order valence-corrected chi connectivity index (χ1v) is 7.54. The lowest BCUT2D eigenvalue weighted by molar-refractivity contribution is 0.589. The van der Waals surface area contributed by atoms with Crippen LogP contribution in [0.5, 0.6) is 0 Å². The van der Waals surface area contributed by atoms with Crippen molar-refractivity contribution in [1.82, 2.24) is 5.32 Å². The highest BCUT2D eigenvalue weighted by atomic mass is 32.2. The molecule has 0 heterocycles. The molecule has 1 N–H and O–H groups in total. The van der Waals surface area contributed by atoms with Crippen molar-refractivity contribution < 1.29 is 0 Å². The molecule has 2 atom stereocenters. The predicted molar refractivity (Wildman–Crippen MR) is 84.7 cm³/mol. The molecule has 0 fully saturated rings. The molecule has 0 aliphatic heterocycles. The Labute approximate surface area is 120 Å². The largest absolute Gasteiger partial charge is 0.312 e. The third-order valence-electron chi connectivity index (χ3n) is 3.28. The summed E-state index contributed by atoms with van der Waals surface area (Å²) >= 11 is 1.91. The smallest absolute Gasteiger partial charge is 0.0438 e. The van der Waals surface area contributed by atoms with E-state index < -0.39 is 0 Å². The monoisotopic (exact) mass is 271 g/mol. The Bertz CT molecular complexity index is 492. The van der Waals surface area contributed by atoms with E-state index in [2.05, 4.69) is 73.8 Å². The van der Waals surface area contributed by atoms with Gasteiger partial charge in [-0.2, -0.15) is 0 Å². The number of aryl methyl sites for hydroxylation is 1. The highest BCUT2D eigenvalue weighted by molar-refractivity contribution is 8.00. The first kappa shape index (κ1) is 14.2. The molecule has 0 saturated heterocycles. The predicted octanol–water partition coefficient (Wildman–Crippen LogP) is 4.44. The van der Waals surface area contributed by atoms with Crippen molar-refractivity contribution in [3.05, 3.63) is 65.7 Å². The van der Waals surface area contributed by atoms with Gasteiger partial charge in [0.25, 0.3) is 0 Å². The molecule has 0 saturated carbocycles. The van der Waals surface area contributed by atoms with Crippen LogP contribution in [0.1, 0.15) is 24.1 Å². The minimum absolute atomic E-state index is 0.366. The van der Waals surface area contributed by atoms with Crippen molar-refractivity contribution in [3.8, 4) is 0 Å². The fourth-order valence-electron chi connectivity index (χ4n) is 2.23. The molecule has 19 heavy (non-hydrogen) atoms. The molecule has 0 bridgehead atoms. The van der Waals surface area contributed by atoms with Gasteiger partial charge in [-0.25, -0.2) is 0 Å². The van der Waals surface area contributed by atoms with Crippen LogP contribution >= 0.6 is 11.8 Å². The maximum atomic E-state index is 3.44. The molecule has 2 heteroatoms. The van der Waals surface area contributed by atoms with Crippen molar-refractivity contribution in [2.45, 2.75) is 30.0 Å². The Balaban J connectivity index is 2.11. The molecule has 0 radical (unpaired) electrons. The molecule has 0 aliphatic rings. The van der Waals surface area contributed by atoms with Gasteiger partial charge in [0.05, 0.1) is 0 Å². The van der Waals surface area contributed by atoms with E-state index in [0.29, 0.717) is 11.3 Å². The van der Waals surface area contributed by atoms with Crippen molar-refractivity contribution in [2.24, 2.45) is 0 Å². The summed E-state index contributed by atoms with van der Waals surface area (Å²) in [6.07, 6.45) is 0. The van der Waals surface area contributed by atoms with Gasteiger partial charge in [-0.3, -0.25) is 0 Å². The summed E-state index contributed by atoms with van der Waals surface area (Å²) in [5.41, 5.74) is 2.66. The standard InChI is InChI=1S/C17H21NS/c1-13-9-11-15(12-10-13)17(18-3)14(2)19-16-7-5-4-6-8-16/h4-12,14,17-18H,1-3H3. The second-order valence-electron chi connectivity index (χ2n) is 4.81. The quantitative estimate of drug-likeness (QED) is 0.807. The zero-order chi connectivity index (χ0) is 13.7. The lowest BCUT2D eigenvalue weighted by Gasteiger charge is -2.23. The fourth-order valence-corrected chi connectivity index (χ4v) is 3.40. The summed E-state index contributed by atoms with van der Waals surface area (Å²) in [7, 11) is 2.03. The Morgan fingerprint density at radius 1 is 0.947 bits per heavy atom. The van der Waals surface area contributed by atoms with Crippen LogP contribution in [0.2, 0.25) is 0 Å². The molecule has 0 amide bonds. The zero-order valence-corrected chi connectivity index (χ0v) is 12.6. The topological polar surface area (TPSA) is 12.0 Å². The molecular formula is C17H21NS. The van der Waals surface area contributed by atoms with Crippen LogP contribution in [0.15, 0.2) is 59.5 Å². The summed E-state index contributed by atoms with van der Waals surface area (Å²) in [6, 6.07) is 19.8. The SMILES string of the molecule is CNC(c1ccc(C)cc1)C(C)Sc1ccccc1. The van der Waals surface area contributed by atoms with Crippen molar-refractivity contribution in [3.63, 3.8) is 0 Å². The number of hydrogen-bond donors (Lipinski definition) is 1. The summed E-state index contributed by atoms with van der Waals surface area (Å²) < 4.78 is 0. The highest BCUT2D eigenvalue weighted by Gasteiger charge is 2.18. The molecule has 2 aromatic rings. The number of thioether (sulfide) groups is 1. The fraction of sp³-hybridized carbons (Fsp3) is 0.294. The molecule has 100 valence electrons. The van der Waals surface area contributed by atoms with E-state index in [4.69, 9.17) is 0 Å². The van der Waals surface area contributed by atoms with Gasteiger partial charge < -0.3 is 5.32 Å². The molecule has 1 nitrogen and oxygen atoms in total. The maximum Gasteiger partial charge on any atom is 0.0438 e. The van der Waals surface area contributed by atoms with Crippen LogP contribution in [0.25, 0.3) is 0 Å². The Kier molecular flexibility index (Phi) is 5.06. The van der Waals surface area contributed by atoms with Crippen LogP contribution < -0.4 is 5.32 Å². The molecule has 0 aromatic heterocycles. The van der Waals surface area contributed by atoms with Crippen LogP contribution in [-0.2, 0) is 0 Å². The summed E-state index contributed by atoms with van der Waals surface area (Å²) in [4.78, 5) is 1.32. The molecular weight excluding hydrogens is 250 g/mol. The lowest BCUT2D eigenvalue weighted by atomic mass is 10.0. The minimum Gasteiger partial charge on any atom is -0.312 e. The van der Waals surface area contributed by atoms with Gasteiger partial charge >= 0.3 is 0 Å². The van der Waals surface area contributed by atoms with E-state index in [1.807, 2.05) is 18.8 Å². The van der Waals surface area contributed by atoms with E-state index in [1.165, 1.54) is 16.0 Å². The Morgan fingerprint density at radius 2 is 1.58 bits per heavy atom. The van der Waals surface area contributed by atoms with Crippen molar-refractivity contribution >= 4 is 11.8 Å². The average Bonchev–Trinajstić information content (AvgIpc) is 2.43. The van der Waals surface area contributed by atoms with Gasteiger partial charge in [0.1, 0.15) is 0 Å². The molecule has 0 aliphatic carbocycles. The van der Waals surface area contributed by atoms with Gasteiger partial charge in [0.2, 0.25) is 0 Å². The first-order chi connectivity index (χ1) is 9.20. The summed E-state index contributed by atoms with van der Waals surface area (Å²) in [5.74, 6) is 0. The molecule has 0 spiro atoms. The van der Waals surface area contributed by atoms with E-state index in [-0.39, 0.29) is 0 Å². The average molecular weight is 271 g/mol. The van der Waals surface area contributed by atoms with Crippen molar-refractivity contribution in [1.29, 1.82) is 0 Å². The van der Waals surface area contributed by atoms with Gasteiger partial charge in [0.15, 0.2) is 0 Å². The van der Waals surface area contributed by atoms with E-state index >= 15 is 0 Å². The Morgan fingerprint density at radius 3 is 2.16 bits per heavy atom. The summed E-state index contributed by atoms with van der Waals surface area (Å²) in [6.45, 7) is 4.40. The third-order valence-corrected chi connectivity index (χ3v) is 4.47. The maximum absolute atomic E-state index is 3.44. The van der Waals surface area contributed by atoms with Gasteiger partial charge in [-0.15, -0.1) is 11.8 Å². The number of rotatable bonds is 5. The minimum atomic E-state index is 0.366. The number of nitrogens with one attached hydrogen (secondary N) is 1. The second kappa shape index (κ2) is 6.78. The molecule has 2 unspecified atom stereocenters. The highest BCUT2D eigenvalue weighted by Crippen LogP contribution is 2.31. The zero-order valence-electron chi connectivity index (χ0n) is 11.8. The van der Waals surface area contributed by atoms with E-state index in [0.717, 1.165) is 0 Å². The first-order valence-electron chi connectivity index (χ1n) is 6.66. The Hall–Kier alpha value is -1.25. The van der Waals surface area contributed by atoms with Gasteiger partial charge in [-0.05, 0) is 31.7 Å². The third kappa shape index (κ3) is 3.85. The van der Waals surface area contributed by atoms with Gasteiger partial charge in [0, 0.05) is 16.2 Å². The number of hydrogen-bond acceptors (Lipinski definition) is 2. The summed E-state index contributed by atoms with van der Waals surface area (Å²) in [5, 5.41) is 3.92. The number of benzene rings is 2. The molecule has 2 rings (SSSR count). The van der Waals surface area contributed by atoms with Gasteiger partial charge in [-0.1, -0.05) is 55.0 Å². The second-order valence-corrected chi connectivity index (χ2v) is 6.26. The normalized spacial score (nSPS) is 14.1. The van der Waals surface area contributed by atoms with Crippen LogP contribution in [0, 0.1) is 6.92 Å². The van der Waals surface area contributed by atoms with Crippen molar-refractivity contribution in [2.75, 3.05) is 7.05 Å². The molecule has 2 aromatic carbocycles. The van der Waals surface area contributed by atoms with Crippen LogP contribution in [-0.4, -0.2) is 12.3 Å².